The smallest absolute Gasteiger partial charge is 0.293 e. The number of hydrogen-bond acceptors (Lipinski definition) is 8. The Hall–Kier alpha value is -4.67. The van der Waals surface area contributed by atoms with Crippen LogP contribution in [-0.2, 0) is 0 Å². The summed E-state index contributed by atoms with van der Waals surface area (Å²) in [6.07, 6.45) is 1.48. The molecule has 0 bridgehead atoms. The first-order chi connectivity index (χ1) is 16.4. The Morgan fingerprint density at radius 2 is 1.85 bits per heavy atom. The van der Waals surface area contributed by atoms with Crippen molar-refractivity contribution in [2.45, 2.75) is 0 Å². The quantitative estimate of drug-likeness (QED) is 0.352. The molecule has 1 aliphatic heterocycles. The normalized spacial score (nSPS) is 14.4. The predicted molar refractivity (Wildman–Crippen MR) is 129 cm³/mol. The number of aromatic nitrogens is 2. The van der Waals surface area contributed by atoms with Gasteiger partial charge in [0.25, 0.3) is 5.69 Å². The second-order valence-corrected chi connectivity index (χ2v) is 7.93. The van der Waals surface area contributed by atoms with E-state index in [9.17, 15) is 20.6 Å². The maximum atomic E-state index is 11.8. The number of benzene rings is 2. The molecule has 0 saturated carbocycles. The molecule has 1 fully saturated rings. The number of nitro groups is 1. The van der Waals surface area contributed by atoms with Crippen LogP contribution in [0.3, 0.4) is 0 Å². The van der Waals surface area contributed by atoms with Crippen LogP contribution in [-0.4, -0.2) is 52.8 Å². The molecule has 0 radical (unpaired) electrons. The molecule has 3 aromatic rings. The maximum absolute atomic E-state index is 11.8. The molecule has 4 rings (SSSR count). The monoisotopic (exact) mass is 454 g/mol. The van der Waals surface area contributed by atoms with Gasteiger partial charge in [0.1, 0.15) is 34.9 Å². The number of likely N-dealkylation sites (N-methyl/N-ethyl adjacent to an activating group) is 1. The number of rotatable bonds is 5. The second-order valence-electron chi connectivity index (χ2n) is 7.93. The van der Waals surface area contributed by atoms with Gasteiger partial charge in [0.05, 0.1) is 16.2 Å². The third-order valence-corrected chi connectivity index (χ3v) is 5.76. The van der Waals surface area contributed by atoms with Crippen LogP contribution in [0.25, 0.3) is 17.3 Å². The third kappa shape index (κ3) is 4.31. The van der Waals surface area contributed by atoms with Crippen molar-refractivity contribution in [3.05, 3.63) is 75.5 Å². The third-order valence-electron chi connectivity index (χ3n) is 5.76. The maximum Gasteiger partial charge on any atom is 0.293 e. The fourth-order valence-corrected chi connectivity index (χ4v) is 3.91. The zero-order valence-corrected chi connectivity index (χ0v) is 18.5. The Labute approximate surface area is 196 Å². The average molecular weight is 454 g/mol. The van der Waals surface area contributed by atoms with E-state index in [4.69, 9.17) is 5.73 Å². The Morgan fingerprint density at radius 1 is 1.15 bits per heavy atom. The molecule has 170 valence electrons. The minimum absolute atomic E-state index is 0.0366. The molecule has 10 heteroatoms. The molecule has 1 saturated heterocycles. The highest BCUT2D eigenvalue weighted by Crippen LogP contribution is 2.32. The van der Waals surface area contributed by atoms with Crippen molar-refractivity contribution in [1.82, 2.24) is 14.7 Å². The summed E-state index contributed by atoms with van der Waals surface area (Å²) in [6.45, 7) is 3.02. The van der Waals surface area contributed by atoms with Crippen molar-refractivity contribution in [3.8, 4) is 17.8 Å². The van der Waals surface area contributed by atoms with Gasteiger partial charge >= 0.3 is 0 Å². The largest absolute Gasteiger partial charge is 0.382 e. The lowest BCUT2D eigenvalue weighted by Crippen LogP contribution is -2.44. The van der Waals surface area contributed by atoms with Gasteiger partial charge < -0.3 is 15.5 Å². The second kappa shape index (κ2) is 9.45. The molecular formula is C24H22N8O2. The fraction of sp³-hybridized carbons (Fsp3) is 0.208. The molecule has 2 aromatic carbocycles. The van der Waals surface area contributed by atoms with Gasteiger partial charge in [-0.15, -0.1) is 0 Å². The number of hydrogen-bond donors (Lipinski definition) is 1. The number of piperazine rings is 1. The van der Waals surface area contributed by atoms with Gasteiger partial charge in [0, 0.05) is 32.2 Å². The van der Waals surface area contributed by atoms with Crippen LogP contribution in [0.4, 0.5) is 17.2 Å². The van der Waals surface area contributed by atoms with E-state index in [-0.39, 0.29) is 28.3 Å². The van der Waals surface area contributed by atoms with Gasteiger partial charge in [-0.25, -0.2) is 4.68 Å². The van der Waals surface area contributed by atoms with E-state index in [1.165, 1.54) is 16.8 Å². The van der Waals surface area contributed by atoms with Gasteiger partial charge in [0.2, 0.25) is 0 Å². The molecule has 0 amide bonds. The van der Waals surface area contributed by atoms with Crippen molar-refractivity contribution < 1.29 is 4.92 Å². The Balaban J connectivity index is 1.75. The predicted octanol–water partition coefficient (Wildman–Crippen LogP) is 3.05. The highest BCUT2D eigenvalue weighted by atomic mass is 16.6. The van der Waals surface area contributed by atoms with E-state index in [1.54, 1.807) is 24.3 Å². The number of nitrogens with zero attached hydrogens (tertiary/aromatic N) is 7. The number of nitriles is 2. The molecule has 1 aliphatic rings. The van der Waals surface area contributed by atoms with Crippen molar-refractivity contribution in [2.75, 3.05) is 43.9 Å². The highest BCUT2D eigenvalue weighted by molar-refractivity contribution is 5.92. The van der Waals surface area contributed by atoms with E-state index in [0.717, 1.165) is 13.1 Å². The van der Waals surface area contributed by atoms with E-state index in [2.05, 4.69) is 16.1 Å². The van der Waals surface area contributed by atoms with Crippen LogP contribution >= 0.6 is 0 Å². The van der Waals surface area contributed by atoms with Crippen molar-refractivity contribution in [3.63, 3.8) is 0 Å². The first kappa shape index (κ1) is 22.5. The topological polar surface area (TPSA) is 141 Å². The molecule has 0 atom stereocenters. The highest BCUT2D eigenvalue weighted by Gasteiger charge is 2.24. The number of anilines is 2. The number of para-hydroxylation sites is 1. The summed E-state index contributed by atoms with van der Waals surface area (Å²) in [5, 5.41) is 35.7. The Bertz CT molecular complexity index is 1340. The Kier molecular flexibility index (Phi) is 6.26. The molecule has 1 aromatic heterocycles. The molecule has 2 heterocycles. The number of nitro benzene ring substituents is 1. The van der Waals surface area contributed by atoms with Crippen molar-refractivity contribution >= 4 is 28.8 Å². The molecule has 0 unspecified atom stereocenters. The van der Waals surface area contributed by atoms with Gasteiger partial charge in [0.15, 0.2) is 0 Å². The van der Waals surface area contributed by atoms with E-state index in [0.29, 0.717) is 30.0 Å². The van der Waals surface area contributed by atoms with Crippen molar-refractivity contribution in [1.29, 1.82) is 10.5 Å². The van der Waals surface area contributed by atoms with Gasteiger partial charge in [-0.05, 0) is 36.9 Å². The summed E-state index contributed by atoms with van der Waals surface area (Å²) >= 11 is 0. The van der Waals surface area contributed by atoms with Gasteiger partial charge in [-0.1, -0.05) is 24.3 Å². The zero-order valence-electron chi connectivity index (χ0n) is 18.5. The summed E-state index contributed by atoms with van der Waals surface area (Å²) in [7, 11) is 2.02. The van der Waals surface area contributed by atoms with E-state index < -0.39 is 4.92 Å². The standard InChI is InChI=1S/C24H22N8O2/c1-29-9-11-30(12-10-29)21-8-7-17(14-22(21)32(33)34)13-18(15-25)23-20(16-26)24(27)31(28-23)19-5-3-2-4-6-19/h2-8,13-14H,9-12,27H2,1H3/b18-13+. The minimum atomic E-state index is -0.417. The lowest BCUT2D eigenvalue weighted by Gasteiger charge is -2.33. The first-order valence-electron chi connectivity index (χ1n) is 10.6. The minimum Gasteiger partial charge on any atom is -0.382 e. The lowest BCUT2D eigenvalue weighted by molar-refractivity contribution is -0.384. The van der Waals surface area contributed by atoms with Crippen LogP contribution in [0, 0.1) is 32.8 Å². The fourth-order valence-electron chi connectivity index (χ4n) is 3.91. The van der Waals surface area contributed by atoms with Crippen LogP contribution < -0.4 is 10.6 Å². The molecule has 10 nitrogen and oxygen atoms in total. The Morgan fingerprint density at radius 3 is 2.47 bits per heavy atom. The SMILES string of the molecule is CN1CCN(c2ccc(/C=C(\C#N)c3nn(-c4ccccc4)c(N)c3C#N)cc2[N+](=O)[O-])CC1. The molecule has 2 N–H and O–H groups in total. The lowest BCUT2D eigenvalue weighted by atomic mass is 10.0. The first-order valence-corrected chi connectivity index (χ1v) is 10.6. The molecule has 0 aliphatic carbocycles. The number of nitrogens with two attached hydrogens (primary N) is 1. The average Bonchev–Trinajstić information content (AvgIpc) is 3.19. The molecule has 34 heavy (non-hydrogen) atoms. The molecule has 0 spiro atoms. The van der Waals surface area contributed by atoms with Crippen LogP contribution in [0.2, 0.25) is 0 Å². The molecular weight excluding hydrogens is 432 g/mol. The van der Waals surface area contributed by atoms with Crippen molar-refractivity contribution in [2.24, 2.45) is 0 Å². The van der Waals surface area contributed by atoms with E-state index >= 15 is 0 Å². The summed E-state index contributed by atoms with van der Waals surface area (Å²) < 4.78 is 1.40. The number of nitrogen functional groups attached to an aromatic ring is 1. The zero-order chi connectivity index (χ0) is 24.2. The van der Waals surface area contributed by atoms with Crippen LogP contribution in [0.15, 0.2) is 48.5 Å². The summed E-state index contributed by atoms with van der Waals surface area (Å²) in [4.78, 5) is 15.6. The van der Waals surface area contributed by atoms with Gasteiger partial charge in [-0.3, -0.25) is 10.1 Å². The summed E-state index contributed by atoms with van der Waals surface area (Å²) in [5.41, 5.74) is 8.04. The summed E-state index contributed by atoms with van der Waals surface area (Å²) in [6, 6.07) is 18.0. The van der Waals surface area contributed by atoms with Crippen LogP contribution in [0.1, 0.15) is 16.8 Å². The van der Waals surface area contributed by atoms with E-state index in [1.807, 2.05) is 36.2 Å². The summed E-state index contributed by atoms with van der Waals surface area (Å²) in [5.74, 6) is 0.112. The van der Waals surface area contributed by atoms with Crippen LogP contribution in [0.5, 0.6) is 0 Å². The number of allylic oxidation sites excluding steroid dienone is 1. The van der Waals surface area contributed by atoms with Gasteiger partial charge in [-0.2, -0.15) is 15.6 Å².